The van der Waals surface area contributed by atoms with Gasteiger partial charge in [-0.2, -0.15) is 0 Å². The van der Waals surface area contributed by atoms with Gasteiger partial charge >= 0.3 is 0 Å². The quantitative estimate of drug-likeness (QED) is 0.758. The molecule has 0 radical (unpaired) electrons. The Morgan fingerprint density at radius 2 is 1.74 bits per heavy atom. The normalized spacial score (nSPS) is 12.5. The van der Waals surface area contributed by atoms with Crippen LogP contribution >= 0.6 is 0 Å². The van der Waals surface area contributed by atoms with Crippen LogP contribution in [0.4, 0.5) is 4.39 Å². The van der Waals surface area contributed by atoms with Crippen molar-refractivity contribution in [3.05, 3.63) is 77.7 Å². The zero-order valence-electron chi connectivity index (χ0n) is 10.1. The molecule has 0 aliphatic rings. The Kier molecular flexibility index (Phi) is 2.97. The molecule has 1 N–H and O–H groups in total. The number of rotatable bonds is 2. The van der Waals surface area contributed by atoms with Gasteiger partial charge in [-0.25, -0.2) is 4.39 Å². The summed E-state index contributed by atoms with van der Waals surface area (Å²) < 4.78 is 13.7. The second-order valence-electron chi connectivity index (χ2n) is 4.39. The summed E-state index contributed by atoms with van der Waals surface area (Å²) in [7, 11) is 0. The van der Waals surface area contributed by atoms with Crippen molar-refractivity contribution in [3.63, 3.8) is 0 Å². The van der Waals surface area contributed by atoms with Crippen LogP contribution in [-0.2, 0) is 0 Å². The van der Waals surface area contributed by atoms with Gasteiger partial charge in [0, 0.05) is 22.7 Å². The number of pyridine rings is 1. The van der Waals surface area contributed by atoms with E-state index in [0.29, 0.717) is 5.56 Å². The van der Waals surface area contributed by atoms with E-state index >= 15 is 0 Å². The molecule has 0 aliphatic carbocycles. The van der Waals surface area contributed by atoms with Crippen molar-refractivity contribution in [3.8, 4) is 0 Å². The van der Waals surface area contributed by atoms with Crippen molar-refractivity contribution in [2.45, 2.75) is 6.10 Å². The lowest BCUT2D eigenvalue weighted by Gasteiger charge is -2.12. The number of halogens is 1. The first-order chi connectivity index (χ1) is 9.25. The third-order valence-corrected chi connectivity index (χ3v) is 3.13. The van der Waals surface area contributed by atoms with Crippen LogP contribution in [0.5, 0.6) is 0 Å². The summed E-state index contributed by atoms with van der Waals surface area (Å²) >= 11 is 0. The molecule has 1 aromatic heterocycles. The van der Waals surface area contributed by atoms with E-state index in [1.807, 2.05) is 30.3 Å². The van der Waals surface area contributed by atoms with Gasteiger partial charge < -0.3 is 5.11 Å². The third kappa shape index (κ3) is 2.20. The second kappa shape index (κ2) is 4.78. The highest BCUT2D eigenvalue weighted by Gasteiger charge is 2.15. The fraction of sp³-hybridized carbons (Fsp3) is 0.0625. The lowest BCUT2D eigenvalue weighted by atomic mass is 10.0. The lowest BCUT2D eigenvalue weighted by molar-refractivity contribution is 0.214. The van der Waals surface area contributed by atoms with Gasteiger partial charge in [0.15, 0.2) is 0 Å². The summed E-state index contributed by atoms with van der Waals surface area (Å²) in [5, 5.41) is 11.2. The molecule has 0 aliphatic heterocycles. The molecule has 0 saturated carbocycles. The number of fused-ring (bicyclic) bond motifs is 1. The van der Waals surface area contributed by atoms with E-state index in [-0.39, 0.29) is 5.56 Å². The van der Waals surface area contributed by atoms with Gasteiger partial charge in [-0.3, -0.25) is 4.98 Å². The highest BCUT2D eigenvalue weighted by atomic mass is 19.1. The molecule has 3 heteroatoms. The van der Waals surface area contributed by atoms with Crippen LogP contribution in [-0.4, -0.2) is 10.1 Å². The first kappa shape index (κ1) is 11.8. The maximum atomic E-state index is 13.7. The Morgan fingerprint density at radius 1 is 1.00 bits per heavy atom. The predicted molar refractivity (Wildman–Crippen MR) is 72.2 cm³/mol. The van der Waals surface area contributed by atoms with E-state index in [2.05, 4.69) is 4.98 Å². The van der Waals surface area contributed by atoms with Gasteiger partial charge in [-0.15, -0.1) is 0 Å². The predicted octanol–water partition coefficient (Wildman–Crippen LogP) is 3.46. The van der Waals surface area contributed by atoms with Crippen molar-refractivity contribution >= 4 is 10.9 Å². The van der Waals surface area contributed by atoms with Crippen LogP contribution in [0.25, 0.3) is 10.9 Å². The van der Waals surface area contributed by atoms with Crippen LogP contribution < -0.4 is 0 Å². The Morgan fingerprint density at radius 3 is 2.58 bits per heavy atom. The summed E-state index contributed by atoms with van der Waals surface area (Å²) in [6, 6.07) is 15.7. The lowest BCUT2D eigenvalue weighted by Crippen LogP contribution is -2.03. The number of para-hydroxylation sites is 1. The minimum atomic E-state index is -1.00. The minimum Gasteiger partial charge on any atom is -0.383 e. The number of aliphatic hydroxyl groups is 1. The first-order valence-electron chi connectivity index (χ1n) is 6.03. The van der Waals surface area contributed by atoms with Gasteiger partial charge in [-0.1, -0.05) is 36.4 Å². The van der Waals surface area contributed by atoms with E-state index in [4.69, 9.17) is 0 Å². The molecule has 1 unspecified atom stereocenters. The molecule has 3 rings (SSSR count). The van der Waals surface area contributed by atoms with E-state index in [1.54, 1.807) is 24.4 Å². The molecule has 0 saturated heterocycles. The highest BCUT2D eigenvalue weighted by Crippen LogP contribution is 2.25. The van der Waals surface area contributed by atoms with Gasteiger partial charge in [0.2, 0.25) is 0 Å². The van der Waals surface area contributed by atoms with Gasteiger partial charge in [-0.05, 0) is 18.2 Å². The monoisotopic (exact) mass is 253 g/mol. The minimum absolute atomic E-state index is 0.264. The maximum absolute atomic E-state index is 13.7. The maximum Gasteiger partial charge on any atom is 0.129 e. The molecule has 1 heterocycles. The number of benzene rings is 2. The zero-order valence-corrected chi connectivity index (χ0v) is 10.1. The van der Waals surface area contributed by atoms with Crippen molar-refractivity contribution in [1.29, 1.82) is 0 Å². The standard InChI is InChI=1S/C16H12FNO/c17-14-7-3-2-6-13(14)16(19)12-9-11-5-1-4-8-15(11)18-10-12/h1-10,16,19H. The van der Waals surface area contributed by atoms with Crippen LogP contribution in [0.1, 0.15) is 17.2 Å². The average Bonchev–Trinajstić information content (AvgIpc) is 2.46. The fourth-order valence-electron chi connectivity index (χ4n) is 2.11. The SMILES string of the molecule is OC(c1cnc2ccccc2c1)c1ccccc1F. The summed E-state index contributed by atoms with van der Waals surface area (Å²) in [4.78, 5) is 4.27. The van der Waals surface area contributed by atoms with E-state index in [0.717, 1.165) is 10.9 Å². The van der Waals surface area contributed by atoms with Crippen molar-refractivity contribution in [2.75, 3.05) is 0 Å². The number of hydrogen-bond acceptors (Lipinski definition) is 2. The van der Waals surface area contributed by atoms with Crippen LogP contribution in [0.3, 0.4) is 0 Å². The van der Waals surface area contributed by atoms with Crippen LogP contribution in [0.15, 0.2) is 60.8 Å². The topological polar surface area (TPSA) is 33.1 Å². The number of aliphatic hydroxyl groups excluding tert-OH is 1. The third-order valence-electron chi connectivity index (χ3n) is 3.13. The summed E-state index contributed by atoms with van der Waals surface area (Å²) in [6.45, 7) is 0. The van der Waals surface area contributed by atoms with E-state index in [9.17, 15) is 9.50 Å². The number of aromatic nitrogens is 1. The molecular weight excluding hydrogens is 241 g/mol. The van der Waals surface area contributed by atoms with Gasteiger partial charge in [0.05, 0.1) is 5.52 Å². The molecule has 0 spiro atoms. The van der Waals surface area contributed by atoms with Gasteiger partial charge in [0.1, 0.15) is 11.9 Å². The summed E-state index contributed by atoms with van der Waals surface area (Å²) in [5.74, 6) is -0.414. The molecular formula is C16H12FNO. The van der Waals surface area contributed by atoms with E-state index in [1.165, 1.54) is 6.07 Å². The Bertz CT molecular complexity index is 727. The Hall–Kier alpha value is -2.26. The smallest absolute Gasteiger partial charge is 0.129 e. The zero-order chi connectivity index (χ0) is 13.2. The largest absolute Gasteiger partial charge is 0.383 e. The molecule has 2 nitrogen and oxygen atoms in total. The highest BCUT2D eigenvalue weighted by molar-refractivity contribution is 5.78. The summed E-state index contributed by atoms with van der Waals surface area (Å²) in [5.41, 5.74) is 1.70. The van der Waals surface area contributed by atoms with Crippen LogP contribution in [0, 0.1) is 5.82 Å². The van der Waals surface area contributed by atoms with Crippen molar-refractivity contribution in [2.24, 2.45) is 0 Å². The van der Waals surface area contributed by atoms with Crippen molar-refractivity contribution < 1.29 is 9.50 Å². The molecule has 94 valence electrons. The molecule has 2 aromatic carbocycles. The van der Waals surface area contributed by atoms with Gasteiger partial charge in [0.25, 0.3) is 0 Å². The Labute approximate surface area is 110 Å². The molecule has 0 bridgehead atoms. The second-order valence-corrected chi connectivity index (χ2v) is 4.39. The molecule has 0 amide bonds. The number of hydrogen-bond donors (Lipinski definition) is 1. The average molecular weight is 253 g/mol. The Balaban J connectivity index is 2.07. The fourth-order valence-corrected chi connectivity index (χ4v) is 2.11. The first-order valence-corrected chi connectivity index (χ1v) is 6.03. The van der Waals surface area contributed by atoms with E-state index < -0.39 is 11.9 Å². The summed E-state index contributed by atoms with van der Waals surface area (Å²) in [6.07, 6.45) is 0.581. The molecule has 1 atom stereocenters. The van der Waals surface area contributed by atoms with Crippen molar-refractivity contribution in [1.82, 2.24) is 4.98 Å². The molecule has 3 aromatic rings. The molecule has 19 heavy (non-hydrogen) atoms. The van der Waals surface area contributed by atoms with Crippen LogP contribution in [0.2, 0.25) is 0 Å². The number of nitrogens with zero attached hydrogens (tertiary/aromatic N) is 1. The molecule has 0 fully saturated rings.